The summed E-state index contributed by atoms with van der Waals surface area (Å²) < 4.78 is 12.0. The molecule has 0 saturated carbocycles. The van der Waals surface area contributed by atoms with Crippen LogP contribution in [0.5, 0.6) is 5.75 Å². The van der Waals surface area contributed by atoms with Crippen LogP contribution in [0.2, 0.25) is 0 Å². The maximum absolute atomic E-state index is 13.4. The standard InChI is InChI=1S/C27H27N3O5S/c1-5-34-21-12-8-18(9-13-21)23-17(4)36-25-24(23)26(32)30(15-28-25)14-22(31)29-20-10-6-19(7-11-20)27(33)35-16(2)3/h6-13,15-16H,5,14H2,1-4H3,(H,29,31). The van der Waals surface area contributed by atoms with Gasteiger partial charge >= 0.3 is 5.97 Å². The number of fused-ring (bicyclic) bond motifs is 1. The average Bonchev–Trinajstić information content (AvgIpc) is 3.18. The molecule has 2 aromatic heterocycles. The van der Waals surface area contributed by atoms with Gasteiger partial charge in [0.1, 0.15) is 17.1 Å². The van der Waals surface area contributed by atoms with Gasteiger partial charge in [-0.05, 0) is 69.7 Å². The van der Waals surface area contributed by atoms with Gasteiger partial charge in [0.25, 0.3) is 5.56 Å². The first-order valence-electron chi connectivity index (χ1n) is 11.6. The van der Waals surface area contributed by atoms with Crippen molar-refractivity contribution in [3.63, 3.8) is 0 Å². The van der Waals surface area contributed by atoms with Gasteiger partial charge in [-0.25, -0.2) is 9.78 Å². The minimum atomic E-state index is -0.428. The second-order valence-corrected chi connectivity index (χ2v) is 9.63. The monoisotopic (exact) mass is 505 g/mol. The minimum Gasteiger partial charge on any atom is -0.494 e. The molecular weight excluding hydrogens is 478 g/mol. The normalized spacial score (nSPS) is 11.0. The van der Waals surface area contributed by atoms with E-state index in [1.165, 1.54) is 22.2 Å². The Kier molecular flexibility index (Phi) is 7.49. The molecule has 0 aliphatic carbocycles. The molecule has 8 nitrogen and oxygen atoms in total. The summed E-state index contributed by atoms with van der Waals surface area (Å²) in [6.45, 7) is 7.81. The van der Waals surface area contributed by atoms with Crippen molar-refractivity contribution >= 4 is 39.1 Å². The van der Waals surface area contributed by atoms with Gasteiger partial charge in [-0.1, -0.05) is 12.1 Å². The lowest BCUT2D eigenvalue weighted by Gasteiger charge is -2.10. The molecule has 1 amide bonds. The van der Waals surface area contributed by atoms with Crippen molar-refractivity contribution in [2.45, 2.75) is 40.3 Å². The van der Waals surface area contributed by atoms with E-state index in [4.69, 9.17) is 9.47 Å². The Balaban J connectivity index is 1.55. The summed E-state index contributed by atoms with van der Waals surface area (Å²) in [4.78, 5) is 44.1. The maximum atomic E-state index is 13.4. The van der Waals surface area contributed by atoms with E-state index >= 15 is 0 Å². The lowest BCUT2D eigenvalue weighted by atomic mass is 10.0. The van der Waals surface area contributed by atoms with Gasteiger partial charge in [-0.3, -0.25) is 14.2 Å². The van der Waals surface area contributed by atoms with E-state index in [1.54, 1.807) is 38.1 Å². The van der Waals surface area contributed by atoms with Crippen LogP contribution in [0.3, 0.4) is 0 Å². The van der Waals surface area contributed by atoms with Crippen LogP contribution in [0.25, 0.3) is 21.3 Å². The number of ether oxygens (including phenoxy) is 2. The van der Waals surface area contributed by atoms with Crippen molar-refractivity contribution < 1.29 is 19.1 Å². The Morgan fingerprint density at radius 2 is 1.78 bits per heavy atom. The molecule has 0 saturated heterocycles. The van der Waals surface area contributed by atoms with Gasteiger partial charge in [0, 0.05) is 16.1 Å². The summed E-state index contributed by atoms with van der Waals surface area (Å²) >= 11 is 1.45. The number of nitrogens with one attached hydrogen (secondary N) is 1. The lowest BCUT2D eigenvalue weighted by molar-refractivity contribution is -0.116. The fourth-order valence-electron chi connectivity index (χ4n) is 3.81. The fourth-order valence-corrected chi connectivity index (χ4v) is 4.81. The molecule has 1 N–H and O–H groups in total. The molecule has 4 aromatic rings. The zero-order valence-corrected chi connectivity index (χ0v) is 21.3. The second-order valence-electron chi connectivity index (χ2n) is 8.43. The van der Waals surface area contributed by atoms with Crippen LogP contribution in [0, 0.1) is 6.92 Å². The second kappa shape index (κ2) is 10.7. The quantitative estimate of drug-likeness (QED) is 0.337. The van der Waals surface area contributed by atoms with Crippen molar-refractivity contribution in [2.24, 2.45) is 0 Å². The zero-order chi connectivity index (χ0) is 25.8. The number of aromatic nitrogens is 2. The first kappa shape index (κ1) is 25.1. The van der Waals surface area contributed by atoms with Crippen LogP contribution >= 0.6 is 11.3 Å². The largest absolute Gasteiger partial charge is 0.494 e. The van der Waals surface area contributed by atoms with E-state index < -0.39 is 5.97 Å². The molecule has 0 radical (unpaired) electrons. The molecule has 2 aromatic carbocycles. The van der Waals surface area contributed by atoms with Crippen LogP contribution in [0.4, 0.5) is 5.69 Å². The Morgan fingerprint density at radius 3 is 2.42 bits per heavy atom. The zero-order valence-electron chi connectivity index (χ0n) is 20.5. The average molecular weight is 506 g/mol. The third-order valence-corrected chi connectivity index (χ3v) is 6.38. The Morgan fingerprint density at radius 1 is 1.08 bits per heavy atom. The molecule has 0 aliphatic rings. The number of anilines is 1. The minimum absolute atomic E-state index is 0.198. The van der Waals surface area contributed by atoms with Crippen LogP contribution in [-0.2, 0) is 16.1 Å². The van der Waals surface area contributed by atoms with E-state index in [-0.39, 0.29) is 24.1 Å². The van der Waals surface area contributed by atoms with Gasteiger partial charge in [-0.15, -0.1) is 11.3 Å². The number of rotatable bonds is 8. The molecule has 0 bridgehead atoms. The molecule has 2 heterocycles. The number of nitrogens with zero attached hydrogens (tertiary/aromatic N) is 2. The smallest absolute Gasteiger partial charge is 0.338 e. The summed E-state index contributed by atoms with van der Waals surface area (Å²) in [6, 6.07) is 14.0. The third-order valence-electron chi connectivity index (χ3n) is 5.37. The van der Waals surface area contributed by atoms with Crippen LogP contribution < -0.4 is 15.6 Å². The molecule has 36 heavy (non-hydrogen) atoms. The van der Waals surface area contributed by atoms with E-state index in [2.05, 4.69) is 10.3 Å². The highest BCUT2D eigenvalue weighted by Gasteiger charge is 2.18. The number of hydrogen-bond acceptors (Lipinski definition) is 7. The number of amides is 1. The van der Waals surface area contributed by atoms with Crippen molar-refractivity contribution in [1.29, 1.82) is 0 Å². The number of hydrogen-bond donors (Lipinski definition) is 1. The summed E-state index contributed by atoms with van der Waals surface area (Å²) in [5.41, 5.74) is 2.32. The number of thiophene rings is 1. The number of esters is 1. The van der Waals surface area contributed by atoms with Gasteiger partial charge < -0.3 is 14.8 Å². The summed E-state index contributed by atoms with van der Waals surface area (Å²) in [5.74, 6) is -0.0518. The molecule has 0 aliphatic heterocycles. The number of aryl methyl sites for hydroxylation is 1. The fraction of sp³-hybridized carbons (Fsp3) is 0.259. The first-order valence-corrected chi connectivity index (χ1v) is 12.4. The predicted molar refractivity (Wildman–Crippen MR) is 141 cm³/mol. The van der Waals surface area contributed by atoms with E-state index in [0.29, 0.717) is 28.1 Å². The van der Waals surface area contributed by atoms with Gasteiger partial charge in [0.05, 0.1) is 30.0 Å². The molecular formula is C27H27N3O5S. The number of carbonyl (C=O) groups is 2. The van der Waals surface area contributed by atoms with Crippen molar-refractivity contribution in [3.8, 4) is 16.9 Å². The lowest BCUT2D eigenvalue weighted by Crippen LogP contribution is -2.27. The third kappa shape index (κ3) is 5.46. The predicted octanol–water partition coefficient (Wildman–Crippen LogP) is 5.04. The van der Waals surface area contributed by atoms with E-state index in [9.17, 15) is 14.4 Å². The topological polar surface area (TPSA) is 99.5 Å². The first-order chi connectivity index (χ1) is 17.3. The highest BCUT2D eigenvalue weighted by molar-refractivity contribution is 7.19. The van der Waals surface area contributed by atoms with Gasteiger partial charge in [0.15, 0.2) is 0 Å². The number of carbonyl (C=O) groups excluding carboxylic acids is 2. The molecule has 0 atom stereocenters. The van der Waals surface area contributed by atoms with Crippen LogP contribution in [0.1, 0.15) is 36.0 Å². The molecule has 9 heteroatoms. The maximum Gasteiger partial charge on any atom is 0.338 e. The van der Waals surface area contributed by atoms with E-state index in [1.807, 2.05) is 38.1 Å². The molecule has 0 unspecified atom stereocenters. The van der Waals surface area contributed by atoms with Gasteiger partial charge in [0.2, 0.25) is 5.91 Å². The Hall–Kier alpha value is -3.98. The van der Waals surface area contributed by atoms with Crippen molar-refractivity contribution in [1.82, 2.24) is 9.55 Å². The highest BCUT2D eigenvalue weighted by atomic mass is 32.1. The molecule has 4 rings (SSSR count). The Labute approximate surface area is 212 Å². The van der Waals surface area contributed by atoms with Crippen molar-refractivity contribution in [2.75, 3.05) is 11.9 Å². The van der Waals surface area contributed by atoms with Gasteiger partial charge in [-0.2, -0.15) is 0 Å². The van der Waals surface area contributed by atoms with E-state index in [0.717, 1.165) is 21.8 Å². The summed E-state index contributed by atoms with van der Waals surface area (Å²) in [5, 5.41) is 3.24. The Bertz CT molecular complexity index is 1450. The summed E-state index contributed by atoms with van der Waals surface area (Å²) in [6.07, 6.45) is 1.18. The number of benzene rings is 2. The molecule has 186 valence electrons. The summed E-state index contributed by atoms with van der Waals surface area (Å²) in [7, 11) is 0. The van der Waals surface area contributed by atoms with Crippen molar-refractivity contribution in [3.05, 3.63) is 75.7 Å². The van der Waals surface area contributed by atoms with Crippen LogP contribution in [-0.4, -0.2) is 34.1 Å². The molecule has 0 spiro atoms. The SMILES string of the molecule is CCOc1ccc(-c2c(C)sc3ncn(CC(=O)Nc4ccc(C(=O)OC(C)C)cc4)c(=O)c23)cc1. The van der Waals surface area contributed by atoms with Crippen LogP contribution in [0.15, 0.2) is 59.7 Å². The molecule has 0 fully saturated rings. The highest BCUT2D eigenvalue weighted by Crippen LogP contribution is 2.36.